The number of aryl methyl sites for hydroxylation is 1. The number of aromatic hydroxyl groups is 1. The minimum absolute atomic E-state index is 0.0401. The van der Waals surface area contributed by atoms with E-state index < -0.39 is 0 Å². The lowest BCUT2D eigenvalue weighted by atomic mass is 10.1. The maximum atomic E-state index is 9.58. The van der Waals surface area contributed by atoms with Crippen molar-refractivity contribution in [1.82, 2.24) is 0 Å². The molecule has 0 bridgehead atoms. The van der Waals surface area contributed by atoms with Crippen LogP contribution in [0.4, 0.5) is 5.69 Å². The van der Waals surface area contributed by atoms with E-state index in [-0.39, 0.29) is 11.5 Å². The van der Waals surface area contributed by atoms with Crippen molar-refractivity contribution in [3.63, 3.8) is 0 Å². The Morgan fingerprint density at radius 2 is 2.12 bits per heavy atom. The molecule has 0 aromatic heterocycles. The molecule has 0 fully saturated rings. The summed E-state index contributed by atoms with van der Waals surface area (Å²) >= 11 is 0. The Hall–Kier alpha value is -2.53. The minimum atomic E-state index is -0.293. The Morgan fingerprint density at radius 3 is 2.62 bits per heavy atom. The highest BCUT2D eigenvalue weighted by Crippen LogP contribution is 2.24. The van der Waals surface area contributed by atoms with Crippen LogP contribution in [0.2, 0.25) is 0 Å². The number of rotatable bonds is 3. The Bertz CT molecular complexity index is 478. The fourth-order valence-electron chi connectivity index (χ4n) is 1.08. The number of benzene rings is 1. The fraction of sp³-hybridized carbons (Fsp3) is 0.182. The van der Waals surface area contributed by atoms with E-state index in [1.54, 1.807) is 24.3 Å². The molecule has 0 atom stereocenters. The first-order chi connectivity index (χ1) is 7.71. The van der Waals surface area contributed by atoms with Gasteiger partial charge in [-0.25, -0.2) is 0 Å². The lowest BCUT2D eigenvalue weighted by Crippen LogP contribution is -1.96. The second-order valence-electron chi connectivity index (χ2n) is 3.00. The zero-order valence-corrected chi connectivity index (χ0v) is 8.73. The van der Waals surface area contributed by atoms with E-state index in [1.807, 2.05) is 13.0 Å². The molecule has 5 heteroatoms. The van der Waals surface area contributed by atoms with Gasteiger partial charge < -0.3 is 5.11 Å². The molecule has 0 saturated carbocycles. The number of phenolic OH excluding ortho intramolecular Hbond substituents is 1. The smallest absolute Gasteiger partial charge is 0.237 e. The van der Waals surface area contributed by atoms with Gasteiger partial charge in [-0.05, 0) is 24.1 Å². The minimum Gasteiger partial charge on any atom is -0.506 e. The number of nitrogens with one attached hydrogen (secondary N) is 1. The maximum Gasteiger partial charge on any atom is 0.237 e. The molecule has 5 nitrogen and oxygen atoms in total. The van der Waals surface area contributed by atoms with Crippen LogP contribution in [-0.2, 0) is 6.42 Å². The van der Waals surface area contributed by atoms with Crippen LogP contribution in [0.25, 0.3) is 0 Å². The molecule has 1 rings (SSSR count). The van der Waals surface area contributed by atoms with Crippen LogP contribution >= 0.6 is 0 Å². The molecule has 2 N–H and O–H groups in total. The van der Waals surface area contributed by atoms with E-state index in [2.05, 4.69) is 10.5 Å². The van der Waals surface area contributed by atoms with Crippen LogP contribution in [0, 0.1) is 22.7 Å². The van der Waals surface area contributed by atoms with Crippen molar-refractivity contribution in [3.8, 4) is 17.9 Å². The summed E-state index contributed by atoms with van der Waals surface area (Å²) in [4.78, 5) is 0. The van der Waals surface area contributed by atoms with Crippen LogP contribution in [0.1, 0.15) is 12.5 Å². The third-order valence-corrected chi connectivity index (χ3v) is 1.97. The number of hydrogen-bond donors (Lipinski definition) is 2. The van der Waals surface area contributed by atoms with Gasteiger partial charge >= 0.3 is 0 Å². The molecule has 0 amide bonds. The van der Waals surface area contributed by atoms with Gasteiger partial charge in [-0.2, -0.15) is 15.6 Å². The Kier molecular flexibility index (Phi) is 3.88. The van der Waals surface area contributed by atoms with Gasteiger partial charge in [0, 0.05) is 0 Å². The zero-order chi connectivity index (χ0) is 12.0. The molecule has 1 aromatic carbocycles. The van der Waals surface area contributed by atoms with Crippen molar-refractivity contribution in [2.45, 2.75) is 13.3 Å². The first kappa shape index (κ1) is 11.5. The Labute approximate surface area is 93.3 Å². The molecule has 0 unspecified atom stereocenters. The van der Waals surface area contributed by atoms with E-state index in [1.165, 1.54) is 0 Å². The van der Waals surface area contributed by atoms with E-state index >= 15 is 0 Å². The molecule has 0 aliphatic rings. The molecule has 80 valence electrons. The maximum absolute atomic E-state index is 9.58. The van der Waals surface area contributed by atoms with Crippen molar-refractivity contribution < 1.29 is 5.11 Å². The largest absolute Gasteiger partial charge is 0.506 e. The van der Waals surface area contributed by atoms with Gasteiger partial charge in [-0.15, -0.1) is 0 Å². The van der Waals surface area contributed by atoms with Crippen molar-refractivity contribution in [2.24, 2.45) is 5.10 Å². The number of nitriles is 2. The molecule has 0 spiro atoms. The van der Waals surface area contributed by atoms with Gasteiger partial charge in [-0.1, -0.05) is 13.0 Å². The predicted octanol–water partition coefficient (Wildman–Crippen LogP) is 1.77. The number of phenols is 1. The number of hydrazone groups is 1. The van der Waals surface area contributed by atoms with Gasteiger partial charge in [-0.3, -0.25) is 5.43 Å². The zero-order valence-electron chi connectivity index (χ0n) is 8.73. The summed E-state index contributed by atoms with van der Waals surface area (Å²) in [5, 5.41) is 30.0. The standard InChI is InChI=1S/C11H10N4O/c1-2-8-3-4-10(11(16)5-8)15-14-9(6-12)7-13/h3-5,15-16H,2H2,1H3. The second-order valence-corrected chi connectivity index (χ2v) is 3.00. The molecule has 1 aromatic rings. The molecule has 0 saturated heterocycles. The van der Waals surface area contributed by atoms with E-state index in [0.29, 0.717) is 5.69 Å². The fourth-order valence-corrected chi connectivity index (χ4v) is 1.08. The van der Waals surface area contributed by atoms with Crippen molar-refractivity contribution in [2.75, 3.05) is 5.43 Å². The number of nitrogens with zero attached hydrogens (tertiary/aromatic N) is 3. The monoisotopic (exact) mass is 214 g/mol. The third kappa shape index (κ3) is 2.73. The van der Waals surface area contributed by atoms with Crippen molar-refractivity contribution in [1.29, 1.82) is 10.5 Å². The highest BCUT2D eigenvalue weighted by atomic mass is 16.3. The van der Waals surface area contributed by atoms with E-state index in [9.17, 15) is 5.11 Å². The van der Waals surface area contributed by atoms with Crippen LogP contribution in [0.3, 0.4) is 0 Å². The first-order valence-electron chi connectivity index (χ1n) is 4.67. The van der Waals surface area contributed by atoms with Crippen LogP contribution in [0.15, 0.2) is 23.3 Å². The number of hydrogen-bond acceptors (Lipinski definition) is 5. The molecule has 16 heavy (non-hydrogen) atoms. The second kappa shape index (κ2) is 5.38. The lowest BCUT2D eigenvalue weighted by Gasteiger charge is -2.04. The highest BCUT2D eigenvalue weighted by Gasteiger charge is 2.01. The lowest BCUT2D eigenvalue weighted by molar-refractivity contribution is 0.476. The van der Waals surface area contributed by atoms with Crippen LogP contribution in [0.5, 0.6) is 5.75 Å². The SMILES string of the molecule is CCc1ccc(NN=C(C#N)C#N)c(O)c1. The average Bonchev–Trinajstić information content (AvgIpc) is 2.32. The van der Waals surface area contributed by atoms with Gasteiger partial charge in [0.05, 0.1) is 5.69 Å². The number of anilines is 1. The van der Waals surface area contributed by atoms with E-state index in [0.717, 1.165) is 12.0 Å². The molecule has 0 radical (unpaired) electrons. The third-order valence-electron chi connectivity index (χ3n) is 1.97. The summed E-state index contributed by atoms with van der Waals surface area (Å²) in [6.45, 7) is 1.98. The molecule has 0 aliphatic heterocycles. The topological polar surface area (TPSA) is 92.2 Å². The summed E-state index contributed by atoms with van der Waals surface area (Å²) in [5.74, 6) is 0.0401. The quantitative estimate of drug-likeness (QED) is 0.455. The first-order valence-corrected chi connectivity index (χ1v) is 4.67. The average molecular weight is 214 g/mol. The summed E-state index contributed by atoms with van der Waals surface area (Å²) in [6.07, 6.45) is 0.818. The van der Waals surface area contributed by atoms with Gasteiger partial charge in [0.25, 0.3) is 0 Å². The van der Waals surface area contributed by atoms with Crippen LogP contribution in [-0.4, -0.2) is 10.8 Å². The molecule has 0 heterocycles. The van der Waals surface area contributed by atoms with Crippen molar-refractivity contribution >= 4 is 11.4 Å². The van der Waals surface area contributed by atoms with Gasteiger partial charge in [0.2, 0.25) is 5.71 Å². The molecular weight excluding hydrogens is 204 g/mol. The summed E-state index contributed by atoms with van der Waals surface area (Å²) in [5.41, 5.74) is 3.52. The normalized spacial score (nSPS) is 8.69. The van der Waals surface area contributed by atoms with Crippen molar-refractivity contribution in [3.05, 3.63) is 23.8 Å². The van der Waals surface area contributed by atoms with E-state index in [4.69, 9.17) is 10.5 Å². The summed E-state index contributed by atoms with van der Waals surface area (Å²) in [7, 11) is 0. The van der Waals surface area contributed by atoms with Gasteiger partial charge in [0.15, 0.2) is 0 Å². The molecular formula is C11H10N4O. The van der Waals surface area contributed by atoms with Crippen LogP contribution < -0.4 is 5.43 Å². The Morgan fingerprint density at radius 1 is 1.44 bits per heavy atom. The highest BCUT2D eigenvalue weighted by molar-refractivity contribution is 6.10. The molecule has 0 aliphatic carbocycles. The Balaban J connectivity index is 2.88. The summed E-state index contributed by atoms with van der Waals surface area (Å²) < 4.78 is 0. The predicted molar refractivity (Wildman–Crippen MR) is 59.8 cm³/mol. The summed E-state index contributed by atoms with van der Waals surface area (Å²) in [6, 6.07) is 8.30. The van der Waals surface area contributed by atoms with Gasteiger partial charge in [0.1, 0.15) is 17.9 Å².